The first-order valence-electron chi connectivity index (χ1n) is 6.86. The summed E-state index contributed by atoms with van der Waals surface area (Å²) in [5, 5.41) is 0. The Kier molecular flexibility index (Phi) is 4.93. The van der Waals surface area contributed by atoms with Crippen molar-refractivity contribution in [1.82, 2.24) is 4.90 Å². The van der Waals surface area contributed by atoms with E-state index in [1.807, 2.05) is 35.2 Å². The third-order valence-corrected chi connectivity index (χ3v) is 3.37. The van der Waals surface area contributed by atoms with Crippen molar-refractivity contribution in [1.29, 1.82) is 0 Å². The summed E-state index contributed by atoms with van der Waals surface area (Å²) in [5.74, 6) is -0.0145. The van der Waals surface area contributed by atoms with Crippen LogP contribution in [0.4, 0.5) is 0 Å². The molecule has 1 unspecified atom stereocenters. The monoisotopic (exact) mass is 262 g/mol. The molecule has 1 aromatic carbocycles. The van der Waals surface area contributed by atoms with Crippen LogP contribution >= 0.6 is 0 Å². The van der Waals surface area contributed by atoms with Gasteiger partial charge >= 0.3 is 0 Å². The lowest BCUT2D eigenvalue weighted by Crippen LogP contribution is -2.44. The number of nitrogens with two attached hydrogens (primary N) is 1. The standard InChI is InChI=1S/C15H22N2O2/c1-12(16)15(18)17(11-14-8-5-9-19-14)10-13-6-3-2-4-7-13/h2-4,6-7,12,14H,5,8-11,16H2,1H3/t12-,14?/m1/s1. The van der Waals surface area contributed by atoms with E-state index < -0.39 is 6.04 Å². The number of hydrogen-bond donors (Lipinski definition) is 1. The second kappa shape index (κ2) is 6.68. The van der Waals surface area contributed by atoms with Crippen LogP contribution in [0.3, 0.4) is 0 Å². The summed E-state index contributed by atoms with van der Waals surface area (Å²) in [4.78, 5) is 14.0. The van der Waals surface area contributed by atoms with Crippen LogP contribution in [0, 0.1) is 0 Å². The molecule has 4 nitrogen and oxygen atoms in total. The summed E-state index contributed by atoms with van der Waals surface area (Å²) in [6.45, 7) is 3.77. The summed E-state index contributed by atoms with van der Waals surface area (Å²) < 4.78 is 5.62. The third-order valence-electron chi connectivity index (χ3n) is 3.37. The largest absolute Gasteiger partial charge is 0.376 e. The van der Waals surface area contributed by atoms with Gasteiger partial charge in [0.1, 0.15) is 0 Å². The Balaban J connectivity index is 2.02. The van der Waals surface area contributed by atoms with Gasteiger partial charge in [0.2, 0.25) is 5.91 Å². The van der Waals surface area contributed by atoms with E-state index in [0.717, 1.165) is 25.0 Å². The molecule has 1 aromatic rings. The molecule has 1 amide bonds. The Labute approximate surface area is 114 Å². The minimum absolute atomic E-state index is 0.0145. The van der Waals surface area contributed by atoms with Crippen LogP contribution in [-0.2, 0) is 16.1 Å². The van der Waals surface area contributed by atoms with Gasteiger partial charge in [0.05, 0.1) is 12.1 Å². The van der Waals surface area contributed by atoms with Gasteiger partial charge in [-0.3, -0.25) is 4.79 Å². The molecule has 0 aromatic heterocycles. The Hall–Kier alpha value is -1.39. The van der Waals surface area contributed by atoms with E-state index in [1.165, 1.54) is 0 Å². The van der Waals surface area contributed by atoms with E-state index in [4.69, 9.17) is 10.5 Å². The number of hydrogen-bond acceptors (Lipinski definition) is 3. The molecule has 2 atom stereocenters. The quantitative estimate of drug-likeness (QED) is 0.875. The van der Waals surface area contributed by atoms with Crippen molar-refractivity contribution >= 4 is 5.91 Å². The van der Waals surface area contributed by atoms with Gasteiger partial charge in [-0.05, 0) is 25.3 Å². The molecule has 1 fully saturated rings. The fraction of sp³-hybridized carbons (Fsp3) is 0.533. The van der Waals surface area contributed by atoms with Crippen LogP contribution in [0.25, 0.3) is 0 Å². The van der Waals surface area contributed by atoms with E-state index in [0.29, 0.717) is 13.1 Å². The Morgan fingerprint density at radius 3 is 2.79 bits per heavy atom. The van der Waals surface area contributed by atoms with Gasteiger partial charge in [-0.1, -0.05) is 30.3 Å². The molecule has 2 N–H and O–H groups in total. The molecule has 0 saturated carbocycles. The molecular weight excluding hydrogens is 240 g/mol. The summed E-state index contributed by atoms with van der Waals surface area (Å²) in [7, 11) is 0. The summed E-state index contributed by atoms with van der Waals surface area (Å²) in [5.41, 5.74) is 6.85. The minimum atomic E-state index is -0.467. The van der Waals surface area contributed by atoms with Gasteiger partial charge < -0.3 is 15.4 Å². The molecule has 4 heteroatoms. The second-order valence-electron chi connectivity index (χ2n) is 5.13. The number of amides is 1. The average molecular weight is 262 g/mol. The lowest BCUT2D eigenvalue weighted by Gasteiger charge is -2.27. The molecule has 1 heterocycles. The molecule has 1 saturated heterocycles. The molecule has 1 aliphatic heterocycles. The number of carbonyl (C=O) groups excluding carboxylic acids is 1. The van der Waals surface area contributed by atoms with Crippen molar-refractivity contribution < 1.29 is 9.53 Å². The molecule has 2 rings (SSSR count). The zero-order valence-electron chi connectivity index (χ0n) is 11.4. The van der Waals surface area contributed by atoms with Gasteiger partial charge in [0.25, 0.3) is 0 Å². The fourth-order valence-electron chi connectivity index (χ4n) is 2.36. The first-order valence-corrected chi connectivity index (χ1v) is 6.86. The van der Waals surface area contributed by atoms with Crippen LogP contribution in [0.5, 0.6) is 0 Å². The highest BCUT2D eigenvalue weighted by atomic mass is 16.5. The molecular formula is C15H22N2O2. The minimum Gasteiger partial charge on any atom is -0.376 e. The smallest absolute Gasteiger partial charge is 0.239 e. The Morgan fingerprint density at radius 2 is 2.21 bits per heavy atom. The van der Waals surface area contributed by atoms with E-state index in [1.54, 1.807) is 6.92 Å². The number of benzene rings is 1. The van der Waals surface area contributed by atoms with Crippen molar-refractivity contribution in [2.75, 3.05) is 13.2 Å². The van der Waals surface area contributed by atoms with Gasteiger partial charge in [0.15, 0.2) is 0 Å². The summed E-state index contributed by atoms with van der Waals surface area (Å²) >= 11 is 0. The molecule has 0 spiro atoms. The maximum Gasteiger partial charge on any atom is 0.239 e. The zero-order valence-corrected chi connectivity index (χ0v) is 11.4. The highest BCUT2D eigenvalue weighted by Crippen LogP contribution is 2.15. The van der Waals surface area contributed by atoms with Crippen molar-refractivity contribution in [3.63, 3.8) is 0 Å². The van der Waals surface area contributed by atoms with E-state index in [2.05, 4.69) is 0 Å². The highest BCUT2D eigenvalue weighted by Gasteiger charge is 2.24. The van der Waals surface area contributed by atoms with Gasteiger partial charge in [-0.25, -0.2) is 0 Å². The predicted octanol–water partition coefficient (Wildman–Crippen LogP) is 1.54. The van der Waals surface area contributed by atoms with Crippen molar-refractivity contribution in [2.45, 2.75) is 38.5 Å². The summed E-state index contributed by atoms with van der Waals surface area (Å²) in [6, 6.07) is 9.52. The lowest BCUT2D eigenvalue weighted by molar-refractivity contribution is -0.134. The van der Waals surface area contributed by atoms with E-state index in [9.17, 15) is 4.79 Å². The van der Waals surface area contributed by atoms with Crippen LogP contribution in [0.2, 0.25) is 0 Å². The van der Waals surface area contributed by atoms with Crippen molar-refractivity contribution in [2.24, 2.45) is 5.73 Å². The van der Waals surface area contributed by atoms with E-state index >= 15 is 0 Å². The SMILES string of the molecule is C[C@@H](N)C(=O)N(Cc1ccccc1)CC1CCCO1. The number of nitrogens with zero attached hydrogens (tertiary/aromatic N) is 1. The Morgan fingerprint density at radius 1 is 1.47 bits per heavy atom. The van der Waals surface area contributed by atoms with Gasteiger partial charge in [-0.15, -0.1) is 0 Å². The molecule has 0 bridgehead atoms. The first-order chi connectivity index (χ1) is 9.16. The third kappa shape index (κ3) is 4.04. The molecule has 19 heavy (non-hydrogen) atoms. The van der Waals surface area contributed by atoms with E-state index in [-0.39, 0.29) is 12.0 Å². The van der Waals surface area contributed by atoms with Gasteiger partial charge in [0, 0.05) is 19.7 Å². The van der Waals surface area contributed by atoms with Crippen molar-refractivity contribution in [3.05, 3.63) is 35.9 Å². The maximum atomic E-state index is 12.2. The van der Waals surface area contributed by atoms with Crippen LogP contribution < -0.4 is 5.73 Å². The second-order valence-corrected chi connectivity index (χ2v) is 5.13. The number of ether oxygens (including phenoxy) is 1. The van der Waals surface area contributed by atoms with Crippen LogP contribution in [0.15, 0.2) is 30.3 Å². The Bertz CT molecular complexity index is 400. The highest BCUT2D eigenvalue weighted by molar-refractivity contribution is 5.81. The molecule has 104 valence electrons. The van der Waals surface area contributed by atoms with Gasteiger partial charge in [-0.2, -0.15) is 0 Å². The first kappa shape index (κ1) is 14.0. The average Bonchev–Trinajstić information content (AvgIpc) is 2.91. The zero-order chi connectivity index (χ0) is 13.7. The molecule has 0 aliphatic carbocycles. The topological polar surface area (TPSA) is 55.6 Å². The molecule has 1 aliphatic rings. The normalized spacial score (nSPS) is 20.2. The molecule has 0 radical (unpaired) electrons. The number of rotatable bonds is 5. The van der Waals surface area contributed by atoms with Crippen molar-refractivity contribution in [3.8, 4) is 0 Å². The number of carbonyl (C=O) groups is 1. The van der Waals surface area contributed by atoms with Crippen LogP contribution in [0.1, 0.15) is 25.3 Å². The van der Waals surface area contributed by atoms with Crippen LogP contribution in [-0.4, -0.2) is 36.1 Å². The lowest BCUT2D eigenvalue weighted by atomic mass is 10.1. The fourth-order valence-corrected chi connectivity index (χ4v) is 2.36. The summed E-state index contributed by atoms with van der Waals surface area (Å²) in [6.07, 6.45) is 2.26. The maximum absolute atomic E-state index is 12.2. The predicted molar refractivity (Wildman–Crippen MR) is 74.5 cm³/mol.